The molecule has 0 atom stereocenters. The number of likely N-dealkylation sites (N-methyl/N-ethyl adjacent to an activating group) is 1. The van der Waals surface area contributed by atoms with Crippen LogP contribution in [0, 0.1) is 0 Å². The van der Waals surface area contributed by atoms with Crippen molar-refractivity contribution >= 4 is 55.5 Å². The van der Waals surface area contributed by atoms with Crippen molar-refractivity contribution in [3.8, 4) is 5.75 Å². The lowest BCUT2D eigenvalue weighted by Crippen LogP contribution is -2.27. The number of rotatable bonds is 17. The zero-order valence-electron chi connectivity index (χ0n) is 37.6. The summed E-state index contributed by atoms with van der Waals surface area (Å²) in [5.74, 6) is -1.47. The Morgan fingerprint density at radius 2 is 1.05 bits per heavy atom. The molecule has 0 aliphatic rings. The number of benzene rings is 5. The molecule has 0 saturated carbocycles. The third-order valence-corrected chi connectivity index (χ3v) is 11.4. The zero-order valence-corrected chi connectivity index (χ0v) is 39.2. The lowest BCUT2D eigenvalue weighted by atomic mass is 10.0. The fourth-order valence-corrected chi connectivity index (χ4v) is 6.71. The Labute approximate surface area is 386 Å². The molecule has 0 radical (unpaired) electrons. The van der Waals surface area contributed by atoms with Crippen LogP contribution >= 0.6 is 0 Å². The van der Waals surface area contributed by atoms with Gasteiger partial charge in [-0.15, -0.1) is 0 Å². The van der Waals surface area contributed by atoms with Gasteiger partial charge in [0.2, 0.25) is 0 Å². The van der Waals surface area contributed by atoms with Crippen LogP contribution in [0.4, 0.5) is 26.7 Å². The van der Waals surface area contributed by atoms with Crippen molar-refractivity contribution in [2.75, 3.05) is 70.0 Å². The Hall–Kier alpha value is -6.55. The summed E-state index contributed by atoms with van der Waals surface area (Å²) >= 11 is 0. The lowest BCUT2D eigenvalue weighted by Gasteiger charge is -2.22. The van der Waals surface area contributed by atoms with Crippen molar-refractivity contribution in [1.82, 2.24) is 4.90 Å². The fourth-order valence-electron chi connectivity index (χ4n) is 5.38. The Morgan fingerprint density at radius 1 is 0.636 bits per heavy atom. The number of carbonyl (C=O) groups excluding carboxylic acids is 2. The first-order valence-electron chi connectivity index (χ1n) is 20.4. The third kappa shape index (κ3) is 19.7. The number of amides is 2. The number of hydrogen-bond acceptors (Lipinski definition) is 15. The van der Waals surface area contributed by atoms with E-state index in [1.54, 1.807) is 13.8 Å². The highest BCUT2D eigenvalue weighted by atomic mass is 32.2. The number of carbonyl (C=O) groups is 3. The molecule has 5 aromatic rings. The molecule has 2 amide bonds. The van der Waals surface area contributed by atoms with E-state index >= 15 is 0 Å². The number of carboxylic acid groups (broad SMARTS) is 1. The van der Waals surface area contributed by atoms with Crippen LogP contribution in [0.2, 0.25) is 0 Å². The van der Waals surface area contributed by atoms with E-state index < -0.39 is 38.4 Å². The molecular formula is C46H58N4O14S2. The molecule has 0 aliphatic carbocycles. The van der Waals surface area contributed by atoms with Crippen molar-refractivity contribution in [2.45, 2.75) is 43.6 Å². The summed E-state index contributed by atoms with van der Waals surface area (Å²) in [6.45, 7) is 12.2. The van der Waals surface area contributed by atoms with Crippen LogP contribution < -0.4 is 16.4 Å². The van der Waals surface area contributed by atoms with Gasteiger partial charge in [0.25, 0.3) is 20.2 Å². The van der Waals surface area contributed by atoms with Gasteiger partial charge in [-0.1, -0.05) is 74.5 Å². The number of nitrogens with two attached hydrogens (primary N) is 1. The van der Waals surface area contributed by atoms with E-state index in [9.17, 15) is 31.2 Å². The molecular weight excluding hydrogens is 897 g/mol. The van der Waals surface area contributed by atoms with Gasteiger partial charge in [-0.25, -0.2) is 14.4 Å². The lowest BCUT2D eigenvalue weighted by molar-refractivity contribution is 0.0619. The minimum atomic E-state index is -3.70. The van der Waals surface area contributed by atoms with Crippen LogP contribution in [-0.2, 0) is 42.8 Å². The van der Waals surface area contributed by atoms with Gasteiger partial charge in [-0.05, 0) is 98.7 Å². The van der Waals surface area contributed by atoms with E-state index in [4.69, 9.17) is 20.7 Å². The summed E-state index contributed by atoms with van der Waals surface area (Å²) in [6.07, 6.45) is -1.16. The molecule has 0 fully saturated rings. The molecule has 20 heteroatoms. The number of aromatic carboxylic acids is 1. The Balaban J connectivity index is 0.000000309. The summed E-state index contributed by atoms with van der Waals surface area (Å²) < 4.78 is 69.4. The highest BCUT2D eigenvalue weighted by Crippen LogP contribution is 2.26. The standard InChI is InChI=1S/C19H25NO.2C10H13NO5S.C7H7NO3/c1-3-20(4-2)15-16-21-19(17-11-7-5-8-12-17)18-13-9-6-10-14-18;2*1-3-16-10(12)11-8-4-6-9(7-5-8)17(13,14)15-2;8-4-1-2-5(7(10)11)6(9)3-4/h5-14,19H,3-4,15-16H2,1-2H3;2*4-7H,3H2,1-2H3,(H,11,12);1-3,9H,8H2,(H,10,11). The van der Waals surface area contributed by atoms with Crippen LogP contribution in [-0.4, -0.2) is 104 Å². The van der Waals surface area contributed by atoms with Crippen LogP contribution in [0.1, 0.15) is 55.3 Å². The molecule has 66 heavy (non-hydrogen) atoms. The van der Waals surface area contributed by atoms with Gasteiger partial charge in [-0.2, -0.15) is 16.8 Å². The fraction of sp³-hybridized carbons (Fsp3) is 0.283. The van der Waals surface area contributed by atoms with Crippen LogP contribution in [0.5, 0.6) is 5.75 Å². The second kappa shape index (κ2) is 29.1. The number of anilines is 3. The van der Waals surface area contributed by atoms with Crippen molar-refractivity contribution in [2.24, 2.45) is 0 Å². The first-order chi connectivity index (χ1) is 31.4. The van der Waals surface area contributed by atoms with Crippen LogP contribution in [0.15, 0.2) is 137 Å². The molecule has 0 aromatic heterocycles. The minimum Gasteiger partial charge on any atom is -0.507 e. The predicted octanol–water partition coefficient (Wildman–Crippen LogP) is 7.99. The van der Waals surface area contributed by atoms with Gasteiger partial charge in [0, 0.05) is 29.7 Å². The average molecular weight is 955 g/mol. The molecule has 6 N–H and O–H groups in total. The summed E-state index contributed by atoms with van der Waals surface area (Å²) in [5.41, 5.74) is 8.78. The van der Waals surface area contributed by atoms with Gasteiger partial charge in [0.15, 0.2) is 0 Å². The molecule has 0 unspecified atom stereocenters. The number of phenols is 1. The van der Waals surface area contributed by atoms with Crippen LogP contribution in [0.3, 0.4) is 0 Å². The topological polar surface area (TPSA) is 259 Å². The quantitative estimate of drug-likeness (QED) is 0.0437. The molecule has 0 bridgehead atoms. The average Bonchev–Trinajstić information content (AvgIpc) is 3.31. The summed E-state index contributed by atoms with van der Waals surface area (Å²) in [7, 11) is -5.23. The summed E-state index contributed by atoms with van der Waals surface area (Å²) in [6, 6.07) is 35.9. The van der Waals surface area contributed by atoms with Crippen molar-refractivity contribution < 1.29 is 64.0 Å². The monoisotopic (exact) mass is 954 g/mol. The van der Waals surface area contributed by atoms with Crippen molar-refractivity contribution in [1.29, 1.82) is 0 Å². The normalized spacial score (nSPS) is 10.8. The second-order valence-corrected chi connectivity index (χ2v) is 16.6. The maximum atomic E-state index is 11.3. The third-order valence-electron chi connectivity index (χ3n) is 8.81. The molecule has 0 heterocycles. The number of aromatic hydroxyl groups is 1. The number of nitrogens with one attached hydrogen (secondary N) is 2. The van der Waals surface area contributed by atoms with E-state index in [1.807, 2.05) is 12.1 Å². The summed E-state index contributed by atoms with van der Waals surface area (Å²) in [5, 5.41) is 22.3. The molecule has 18 nitrogen and oxygen atoms in total. The predicted molar refractivity (Wildman–Crippen MR) is 251 cm³/mol. The number of ether oxygens (including phenoxy) is 3. The number of nitrogens with zero attached hydrogens (tertiary/aromatic N) is 1. The smallest absolute Gasteiger partial charge is 0.411 e. The number of hydrogen-bond donors (Lipinski definition) is 5. The SMILES string of the molecule is CCN(CC)CCOC(c1ccccc1)c1ccccc1.CCOC(=O)Nc1ccc(S(=O)(=O)OC)cc1.CCOC(=O)Nc1ccc(S(=O)(=O)OC)cc1.Nc1ccc(C(=O)O)c(O)c1. The number of nitrogen functional groups attached to an aromatic ring is 1. The van der Waals surface area contributed by atoms with E-state index in [0.29, 0.717) is 17.1 Å². The van der Waals surface area contributed by atoms with E-state index in [0.717, 1.165) is 40.5 Å². The zero-order chi connectivity index (χ0) is 49.1. The van der Waals surface area contributed by atoms with E-state index in [-0.39, 0.29) is 40.4 Å². The highest BCUT2D eigenvalue weighted by molar-refractivity contribution is 7.87. The van der Waals surface area contributed by atoms with E-state index in [2.05, 4.69) is 95.8 Å². The first kappa shape index (κ1) is 55.6. The van der Waals surface area contributed by atoms with Gasteiger partial charge in [-0.3, -0.25) is 19.0 Å². The Kier molecular flexibility index (Phi) is 24.5. The molecule has 5 rings (SSSR count). The van der Waals surface area contributed by atoms with Gasteiger partial charge in [0.1, 0.15) is 17.4 Å². The first-order valence-corrected chi connectivity index (χ1v) is 23.2. The molecule has 0 saturated heterocycles. The summed E-state index contributed by atoms with van der Waals surface area (Å²) in [4.78, 5) is 34.9. The minimum absolute atomic E-state index is 0.0166. The molecule has 5 aromatic carbocycles. The Bertz CT molecular complexity index is 2310. The number of carboxylic acids is 1. The van der Waals surface area contributed by atoms with E-state index in [1.165, 1.54) is 77.9 Å². The maximum Gasteiger partial charge on any atom is 0.411 e. The highest BCUT2D eigenvalue weighted by Gasteiger charge is 2.16. The van der Waals surface area contributed by atoms with Gasteiger partial charge < -0.3 is 35.1 Å². The molecule has 358 valence electrons. The van der Waals surface area contributed by atoms with Gasteiger partial charge in [0.05, 0.1) is 43.8 Å². The van der Waals surface area contributed by atoms with Crippen LogP contribution in [0.25, 0.3) is 0 Å². The largest absolute Gasteiger partial charge is 0.507 e. The van der Waals surface area contributed by atoms with Crippen molar-refractivity contribution in [3.63, 3.8) is 0 Å². The Morgan fingerprint density at radius 3 is 1.38 bits per heavy atom. The molecule has 0 spiro atoms. The molecule has 0 aliphatic heterocycles. The maximum absolute atomic E-state index is 11.3. The second-order valence-electron chi connectivity index (χ2n) is 13.2. The van der Waals surface area contributed by atoms with Gasteiger partial charge >= 0.3 is 18.2 Å². The van der Waals surface area contributed by atoms with Crippen molar-refractivity contribution in [3.05, 3.63) is 144 Å².